The van der Waals surface area contributed by atoms with Gasteiger partial charge in [0.2, 0.25) is 5.78 Å². The van der Waals surface area contributed by atoms with Crippen LogP contribution in [0.1, 0.15) is 26.4 Å². The molecule has 0 radical (unpaired) electrons. The summed E-state index contributed by atoms with van der Waals surface area (Å²) in [5.41, 5.74) is 15.9. The van der Waals surface area contributed by atoms with Gasteiger partial charge in [-0.2, -0.15) is 5.26 Å². The number of aryl methyl sites for hydroxylation is 1. The van der Waals surface area contributed by atoms with E-state index in [0.717, 1.165) is 11.1 Å². The molecule has 2 aromatic heterocycles. The van der Waals surface area contributed by atoms with Gasteiger partial charge in [0, 0.05) is 21.5 Å². The molecule has 0 fully saturated rings. The monoisotopic (exact) mass is 418 g/mol. The summed E-state index contributed by atoms with van der Waals surface area (Å²) in [6, 6.07) is 16.4. The van der Waals surface area contributed by atoms with Crippen molar-refractivity contribution in [3.8, 4) is 17.2 Å². The van der Waals surface area contributed by atoms with E-state index in [1.54, 1.807) is 24.3 Å². The molecule has 0 aliphatic heterocycles. The maximum absolute atomic E-state index is 13.1. The van der Waals surface area contributed by atoms with E-state index in [9.17, 15) is 10.1 Å². The molecule has 7 heteroatoms. The molecule has 0 bridgehead atoms. The minimum atomic E-state index is -0.227. The highest BCUT2D eigenvalue weighted by molar-refractivity contribution is 7.21. The van der Waals surface area contributed by atoms with Gasteiger partial charge in [0.05, 0.1) is 5.69 Å². The van der Waals surface area contributed by atoms with Crippen molar-refractivity contribution in [3.63, 3.8) is 0 Å². The van der Waals surface area contributed by atoms with Crippen LogP contribution in [0.15, 0.2) is 48.5 Å². The molecule has 0 spiro atoms. The van der Waals surface area contributed by atoms with Gasteiger partial charge < -0.3 is 11.5 Å². The first-order valence-electron chi connectivity index (χ1n) is 8.70. The highest BCUT2D eigenvalue weighted by Crippen LogP contribution is 2.43. The fourth-order valence-corrected chi connectivity index (χ4v) is 4.51. The van der Waals surface area contributed by atoms with Gasteiger partial charge in [0.15, 0.2) is 0 Å². The molecule has 29 heavy (non-hydrogen) atoms. The van der Waals surface area contributed by atoms with Crippen LogP contribution in [0.25, 0.3) is 21.3 Å². The average Bonchev–Trinajstić information content (AvgIpc) is 3.03. The molecule has 0 amide bonds. The van der Waals surface area contributed by atoms with E-state index in [-0.39, 0.29) is 17.2 Å². The van der Waals surface area contributed by atoms with E-state index in [1.807, 2.05) is 31.2 Å². The van der Waals surface area contributed by atoms with Crippen molar-refractivity contribution >= 4 is 50.4 Å². The lowest BCUT2D eigenvalue weighted by Gasteiger charge is -2.12. The minimum absolute atomic E-state index is 0.116. The maximum Gasteiger partial charge on any atom is 0.205 e. The predicted molar refractivity (Wildman–Crippen MR) is 118 cm³/mol. The fraction of sp³-hybridized carbons (Fsp3) is 0.0455. The number of nitrogens with two attached hydrogens (primary N) is 2. The van der Waals surface area contributed by atoms with Crippen LogP contribution in [-0.4, -0.2) is 10.8 Å². The molecule has 2 heterocycles. The molecule has 0 unspecified atom stereocenters. The molecule has 0 saturated carbocycles. The van der Waals surface area contributed by atoms with Gasteiger partial charge in [-0.3, -0.25) is 4.79 Å². The van der Waals surface area contributed by atoms with Gasteiger partial charge in [-0.05, 0) is 42.3 Å². The highest BCUT2D eigenvalue weighted by atomic mass is 35.5. The van der Waals surface area contributed by atoms with Gasteiger partial charge in [-0.15, -0.1) is 11.3 Å². The molecule has 4 N–H and O–H groups in total. The first kappa shape index (κ1) is 18.9. The smallest absolute Gasteiger partial charge is 0.205 e. The number of hydrogen-bond acceptors (Lipinski definition) is 6. The number of fused-ring (bicyclic) bond motifs is 1. The van der Waals surface area contributed by atoms with Gasteiger partial charge in [0.1, 0.15) is 27.2 Å². The second-order valence-electron chi connectivity index (χ2n) is 6.53. The fourth-order valence-electron chi connectivity index (χ4n) is 3.31. The van der Waals surface area contributed by atoms with Gasteiger partial charge in [0.25, 0.3) is 0 Å². The van der Waals surface area contributed by atoms with Crippen molar-refractivity contribution in [2.24, 2.45) is 0 Å². The number of anilines is 2. The maximum atomic E-state index is 13.1. The van der Waals surface area contributed by atoms with E-state index >= 15 is 0 Å². The number of halogens is 1. The van der Waals surface area contributed by atoms with Crippen molar-refractivity contribution in [1.82, 2.24) is 4.98 Å². The Labute approximate surface area is 176 Å². The van der Waals surface area contributed by atoms with Crippen molar-refractivity contribution in [1.29, 1.82) is 5.26 Å². The molecular weight excluding hydrogens is 404 g/mol. The third kappa shape index (κ3) is 3.11. The normalized spacial score (nSPS) is 10.8. The van der Waals surface area contributed by atoms with Crippen LogP contribution in [-0.2, 0) is 0 Å². The van der Waals surface area contributed by atoms with Crippen LogP contribution in [0.3, 0.4) is 0 Å². The quantitative estimate of drug-likeness (QED) is 0.445. The zero-order chi connectivity index (χ0) is 20.7. The number of thiophene rings is 1. The van der Waals surface area contributed by atoms with Crippen molar-refractivity contribution in [2.75, 3.05) is 11.5 Å². The molecule has 2 aromatic carbocycles. The number of hydrogen-bond donors (Lipinski definition) is 2. The first-order chi connectivity index (χ1) is 13.9. The molecular formula is C22H15ClN4OS. The van der Waals surface area contributed by atoms with E-state index in [1.165, 1.54) is 11.3 Å². The van der Waals surface area contributed by atoms with Crippen molar-refractivity contribution in [3.05, 3.63) is 75.1 Å². The lowest BCUT2D eigenvalue weighted by atomic mass is 9.93. The Balaban J connectivity index is 2.03. The number of nitriles is 1. The lowest BCUT2D eigenvalue weighted by Crippen LogP contribution is -2.03. The van der Waals surface area contributed by atoms with E-state index < -0.39 is 0 Å². The van der Waals surface area contributed by atoms with Crippen LogP contribution in [0, 0.1) is 18.3 Å². The summed E-state index contributed by atoms with van der Waals surface area (Å²) in [7, 11) is 0. The SMILES string of the molecule is Cc1ccccc1-c1c(C#N)c(N)nc2sc(C(=O)c3ccc(Cl)cc3)c(N)c12. The van der Waals surface area contributed by atoms with Crippen molar-refractivity contribution < 1.29 is 4.79 Å². The van der Waals surface area contributed by atoms with Gasteiger partial charge >= 0.3 is 0 Å². The van der Waals surface area contributed by atoms with Crippen LogP contribution >= 0.6 is 22.9 Å². The molecule has 5 nitrogen and oxygen atoms in total. The predicted octanol–water partition coefficient (Wildman–Crippen LogP) is 5.19. The van der Waals surface area contributed by atoms with Crippen molar-refractivity contribution in [2.45, 2.75) is 6.92 Å². The second kappa shape index (κ2) is 7.21. The molecule has 0 atom stereocenters. The summed E-state index contributed by atoms with van der Waals surface area (Å²) in [4.78, 5) is 18.3. The van der Waals surface area contributed by atoms with E-state index in [0.29, 0.717) is 36.9 Å². The summed E-state index contributed by atoms with van der Waals surface area (Å²) in [6.45, 7) is 1.95. The molecule has 4 aromatic rings. The summed E-state index contributed by atoms with van der Waals surface area (Å²) in [5.74, 6) is -0.111. The number of carbonyl (C=O) groups is 1. The summed E-state index contributed by atoms with van der Waals surface area (Å²) in [6.07, 6.45) is 0. The zero-order valence-corrected chi connectivity index (χ0v) is 16.9. The van der Waals surface area contributed by atoms with E-state index in [4.69, 9.17) is 23.1 Å². The third-order valence-corrected chi connectivity index (χ3v) is 6.09. The number of ketones is 1. The van der Waals surface area contributed by atoms with Crippen LogP contribution < -0.4 is 11.5 Å². The highest BCUT2D eigenvalue weighted by Gasteiger charge is 2.25. The van der Waals surface area contributed by atoms with E-state index in [2.05, 4.69) is 11.1 Å². The number of carbonyl (C=O) groups excluding carboxylic acids is 1. The average molecular weight is 419 g/mol. The minimum Gasteiger partial charge on any atom is -0.397 e. The van der Waals surface area contributed by atoms with Crippen LogP contribution in [0.5, 0.6) is 0 Å². The number of pyridine rings is 1. The summed E-state index contributed by atoms with van der Waals surface area (Å²) < 4.78 is 0. The Morgan fingerprint density at radius 3 is 2.48 bits per heavy atom. The Bertz CT molecular complexity index is 1320. The number of rotatable bonds is 3. The first-order valence-corrected chi connectivity index (χ1v) is 9.89. The zero-order valence-electron chi connectivity index (χ0n) is 15.4. The molecule has 0 saturated heterocycles. The number of benzene rings is 2. The van der Waals surface area contributed by atoms with Crippen LogP contribution in [0.4, 0.5) is 11.5 Å². The number of aromatic nitrogens is 1. The van der Waals surface area contributed by atoms with Gasteiger partial charge in [-0.25, -0.2) is 4.98 Å². The second-order valence-corrected chi connectivity index (χ2v) is 7.97. The number of nitrogens with zero attached hydrogens (tertiary/aromatic N) is 2. The number of nitrogen functional groups attached to an aromatic ring is 2. The summed E-state index contributed by atoms with van der Waals surface area (Å²) >= 11 is 7.10. The summed E-state index contributed by atoms with van der Waals surface area (Å²) in [5, 5.41) is 10.9. The standard InChI is InChI=1S/C22H15ClN4OS/c1-11-4-2-3-5-14(11)16-15(10-24)21(26)27-22-17(16)18(25)20(29-22)19(28)12-6-8-13(23)9-7-12/h2-9H,25H2,1H3,(H2,26,27). The third-order valence-electron chi connectivity index (χ3n) is 4.74. The largest absolute Gasteiger partial charge is 0.397 e. The van der Waals surface area contributed by atoms with Crippen LogP contribution in [0.2, 0.25) is 5.02 Å². The Morgan fingerprint density at radius 1 is 1.14 bits per heavy atom. The molecule has 0 aliphatic rings. The molecule has 4 rings (SSSR count). The Morgan fingerprint density at radius 2 is 1.83 bits per heavy atom. The Kier molecular flexibility index (Phi) is 4.71. The Hall–Kier alpha value is -3.40. The molecule has 142 valence electrons. The molecule has 0 aliphatic carbocycles. The topological polar surface area (TPSA) is 106 Å². The lowest BCUT2D eigenvalue weighted by molar-refractivity contribution is 0.104. The van der Waals surface area contributed by atoms with Gasteiger partial charge in [-0.1, -0.05) is 35.9 Å².